The van der Waals surface area contributed by atoms with Gasteiger partial charge in [-0.05, 0) is 29.8 Å². The summed E-state index contributed by atoms with van der Waals surface area (Å²) >= 11 is 3.30. The molecule has 1 aromatic rings. The van der Waals surface area contributed by atoms with Crippen molar-refractivity contribution in [2.24, 2.45) is 7.05 Å². The highest BCUT2D eigenvalue weighted by Crippen LogP contribution is 2.21. The van der Waals surface area contributed by atoms with E-state index in [0.717, 1.165) is 4.47 Å². The molecule has 0 aliphatic carbocycles. The van der Waals surface area contributed by atoms with E-state index in [4.69, 9.17) is 4.74 Å². The molecule has 0 aliphatic rings. The summed E-state index contributed by atoms with van der Waals surface area (Å²) in [5.41, 5.74) is 0.140. The van der Waals surface area contributed by atoms with Gasteiger partial charge in [-0.3, -0.25) is 9.48 Å². The second kappa shape index (κ2) is 4.45. The lowest BCUT2D eigenvalue weighted by atomic mass is 10.0. The minimum atomic E-state index is -0.444. The van der Waals surface area contributed by atoms with Crippen LogP contribution in [0.3, 0.4) is 0 Å². The van der Waals surface area contributed by atoms with Crippen LogP contribution in [0.25, 0.3) is 0 Å². The second-order valence-electron chi connectivity index (χ2n) is 4.03. The molecular weight excluding hydrogens is 260 g/mol. The van der Waals surface area contributed by atoms with Gasteiger partial charge in [0, 0.05) is 20.6 Å². The Balaban J connectivity index is 2.87. The number of Topliss-reactive ketones (excluding diaryl/α,β-unsaturated/α-hetero) is 1. The third-order valence-electron chi connectivity index (χ3n) is 2.30. The summed E-state index contributed by atoms with van der Waals surface area (Å²) in [4.78, 5) is 12.0. The van der Waals surface area contributed by atoms with Crippen molar-refractivity contribution in [2.45, 2.75) is 25.9 Å². The van der Waals surface area contributed by atoms with Gasteiger partial charge in [-0.1, -0.05) is 0 Å². The first-order valence-corrected chi connectivity index (χ1v) is 5.42. The first kappa shape index (κ1) is 12.4. The fraction of sp³-hybridized carbons (Fsp3) is 0.600. The molecule has 4 nitrogen and oxygen atoms in total. The van der Waals surface area contributed by atoms with Crippen molar-refractivity contribution in [1.82, 2.24) is 9.78 Å². The molecule has 5 heteroatoms. The van der Waals surface area contributed by atoms with Crippen LogP contribution >= 0.6 is 15.9 Å². The number of aromatic nitrogens is 2. The van der Waals surface area contributed by atoms with Crippen LogP contribution in [0, 0.1) is 0 Å². The summed E-state index contributed by atoms with van der Waals surface area (Å²) in [5, 5.41) is 4.00. The maximum absolute atomic E-state index is 12.0. The number of nitrogens with zero attached hydrogens (tertiary/aromatic N) is 2. The minimum absolute atomic E-state index is 0.0220. The van der Waals surface area contributed by atoms with Crippen molar-refractivity contribution in [3.8, 4) is 0 Å². The molecule has 0 spiro atoms. The maximum atomic E-state index is 12.0. The summed E-state index contributed by atoms with van der Waals surface area (Å²) in [6, 6.07) is 0. The molecule has 0 radical (unpaired) electrons. The Labute approximate surface area is 97.7 Å². The molecule has 0 fully saturated rings. The lowest BCUT2D eigenvalue weighted by molar-refractivity contribution is 0.0169. The predicted octanol–water partition coefficient (Wildman–Crippen LogP) is 2.18. The van der Waals surface area contributed by atoms with Crippen molar-refractivity contribution >= 4 is 21.7 Å². The fourth-order valence-corrected chi connectivity index (χ4v) is 1.84. The van der Waals surface area contributed by atoms with E-state index in [0.29, 0.717) is 12.1 Å². The molecule has 0 amide bonds. The summed E-state index contributed by atoms with van der Waals surface area (Å²) in [6.07, 6.45) is 1.95. The van der Waals surface area contributed by atoms with Gasteiger partial charge in [0.05, 0.1) is 16.3 Å². The smallest absolute Gasteiger partial charge is 0.184 e. The number of ketones is 1. The van der Waals surface area contributed by atoms with Crippen molar-refractivity contribution in [1.29, 1.82) is 0 Å². The number of carbonyl (C=O) groups excluding carboxylic acids is 1. The number of hydrogen-bond donors (Lipinski definition) is 0. The topological polar surface area (TPSA) is 44.1 Å². The van der Waals surface area contributed by atoms with E-state index in [-0.39, 0.29) is 5.78 Å². The molecule has 1 heterocycles. The number of rotatable bonds is 4. The minimum Gasteiger partial charge on any atom is -0.378 e. The van der Waals surface area contributed by atoms with E-state index in [2.05, 4.69) is 21.0 Å². The molecule has 1 rings (SSSR count). The number of methoxy groups -OCH3 is 1. The van der Waals surface area contributed by atoms with E-state index < -0.39 is 5.60 Å². The molecule has 0 bridgehead atoms. The van der Waals surface area contributed by atoms with Crippen LogP contribution in [0.2, 0.25) is 0 Å². The number of halogens is 1. The molecule has 0 saturated heterocycles. The van der Waals surface area contributed by atoms with E-state index in [1.165, 1.54) is 0 Å². The van der Waals surface area contributed by atoms with Gasteiger partial charge in [-0.2, -0.15) is 5.10 Å². The Morgan fingerprint density at radius 2 is 2.27 bits per heavy atom. The Kier molecular flexibility index (Phi) is 3.67. The van der Waals surface area contributed by atoms with Crippen molar-refractivity contribution in [3.05, 3.63) is 16.4 Å². The number of ether oxygens (including phenoxy) is 1. The zero-order valence-electron chi connectivity index (χ0n) is 9.37. The van der Waals surface area contributed by atoms with Crippen LogP contribution in [-0.2, 0) is 11.8 Å². The summed E-state index contributed by atoms with van der Waals surface area (Å²) in [6.45, 7) is 3.77. The third kappa shape index (κ3) is 2.89. The van der Waals surface area contributed by atoms with Crippen LogP contribution in [-0.4, -0.2) is 28.3 Å². The van der Waals surface area contributed by atoms with Gasteiger partial charge in [0.15, 0.2) is 5.78 Å². The van der Waals surface area contributed by atoms with E-state index in [1.807, 2.05) is 13.8 Å². The molecule has 0 aliphatic heterocycles. The Bertz CT molecular complexity index is 352. The van der Waals surface area contributed by atoms with Crippen LogP contribution < -0.4 is 0 Å². The molecule has 0 unspecified atom stereocenters. The highest BCUT2D eigenvalue weighted by molar-refractivity contribution is 9.10. The van der Waals surface area contributed by atoms with Gasteiger partial charge in [-0.15, -0.1) is 0 Å². The number of aryl methyl sites for hydroxylation is 1. The van der Waals surface area contributed by atoms with Gasteiger partial charge in [0.1, 0.15) is 5.69 Å². The molecule has 0 N–H and O–H groups in total. The number of hydrogen-bond acceptors (Lipinski definition) is 3. The molecule has 1 aromatic heterocycles. The Hall–Kier alpha value is -0.680. The molecule has 0 atom stereocenters. The highest BCUT2D eigenvalue weighted by atomic mass is 79.9. The first-order valence-electron chi connectivity index (χ1n) is 4.63. The zero-order valence-corrected chi connectivity index (χ0v) is 11.0. The summed E-state index contributed by atoms with van der Waals surface area (Å²) in [5.74, 6) is 0.0220. The molecule has 84 valence electrons. The Morgan fingerprint density at radius 3 is 2.67 bits per heavy atom. The standard InChI is InChI=1S/C10H15BrN2O2/c1-10(2,15-4)5-8(14)9-7(11)6-12-13(9)3/h6H,5H2,1-4H3. The van der Waals surface area contributed by atoms with Crippen LogP contribution in [0.5, 0.6) is 0 Å². The van der Waals surface area contributed by atoms with Crippen molar-refractivity contribution < 1.29 is 9.53 Å². The van der Waals surface area contributed by atoms with Gasteiger partial charge in [0.25, 0.3) is 0 Å². The predicted molar refractivity (Wildman–Crippen MR) is 60.9 cm³/mol. The van der Waals surface area contributed by atoms with Gasteiger partial charge in [0.2, 0.25) is 0 Å². The molecule has 15 heavy (non-hydrogen) atoms. The first-order chi connectivity index (χ1) is 6.87. The maximum Gasteiger partial charge on any atom is 0.184 e. The molecule has 0 aromatic carbocycles. The van der Waals surface area contributed by atoms with Crippen LogP contribution in [0.15, 0.2) is 10.7 Å². The Morgan fingerprint density at radius 1 is 1.67 bits per heavy atom. The van der Waals surface area contributed by atoms with Gasteiger partial charge >= 0.3 is 0 Å². The number of carbonyl (C=O) groups is 1. The van der Waals surface area contributed by atoms with Gasteiger partial charge < -0.3 is 4.74 Å². The van der Waals surface area contributed by atoms with E-state index in [1.54, 1.807) is 25.0 Å². The highest BCUT2D eigenvalue weighted by Gasteiger charge is 2.25. The lowest BCUT2D eigenvalue weighted by Gasteiger charge is -2.21. The lowest BCUT2D eigenvalue weighted by Crippen LogP contribution is -2.27. The van der Waals surface area contributed by atoms with Crippen molar-refractivity contribution in [3.63, 3.8) is 0 Å². The summed E-state index contributed by atoms with van der Waals surface area (Å²) in [7, 11) is 3.35. The normalized spacial score (nSPS) is 11.8. The quantitative estimate of drug-likeness (QED) is 0.791. The SMILES string of the molecule is COC(C)(C)CC(=O)c1c(Br)cnn1C. The third-order valence-corrected chi connectivity index (χ3v) is 2.88. The fourth-order valence-electron chi connectivity index (χ4n) is 1.27. The zero-order chi connectivity index (χ0) is 11.6. The van der Waals surface area contributed by atoms with Crippen LogP contribution in [0.4, 0.5) is 0 Å². The second-order valence-corrected chi connectivity index (χ2v) is 4.88. The van der Waals surface area contributed by atoms with Crippen LogP contribution in [0.1, 0.15) is 30.8 Å². The average Bonchev–Trinajstić information content (AvgIpc) is 2.45. The molecule has 0 saturated carbocycles. The average molecular weight is 275 g/mol. The summed E-state index contributed by atoms with van der Waals surface area (Å²) < 4.78 is 7.51. The molecular formula is C10H15BrN2O2. The van der Waals surface area contributed by atoms with E-state index >= 15 is 0 Å². The monoisotopic (exact) mass is 274 g/mol. The van der Waals surface area contributed by atoms with E-state index in [9.17, 15) is 4.79 Å². The van der Waals surface area contributed by atoms with Gasteiger partial charge in [-0.25, -0.2) is 0 Å². The van der Waals surface area contributed by atoms with Crippen molar-refractivity contribution in [2.75, 3.05) is 7.11 Å². The largest absolute Gasteiger partial charge is 0.378 e.